The number of aromatic nitrogens is 1. The second kappa shape index (κ2) is 6.35. The van der Waals surface area contributed by atoms with Gasteiger partial charge in [0, 0.05) is 31.0 Å². The zero-order chi connectivity index (χ0) is 14.5. The van der Waals surface area contributed by atoms with Crippen LogP contribution >= 0.6 is 0 Å². The Morgan fingerprint density at radius 1 is 1.10 bits per heavy atom. The molecule has 5 heteroatoms. The fourth-order valence-corrected chi connectivity index (χ4v) is 2.15. The van der Waals surface area contributed by atoms with Crippen molar-refractivity contribution < 1.29 is 9.47 Å². The number of anilines is 2. The Bertz CT molecular complexity index is 616. The van der Waals surface area contributed by atoms with Crippen LogP contribution in [0.5, 0.6) is 11.5 Å². The van der Waals surface area contributed by atoms with Crippen molar-refractivity contribution in [2.75, 3.05) is 24.0 Å². The van der Waals surface area contributed by atoms with Crippen molar-refractivity contribution in [3.05, 3.63) is 42.1 Å². The van der Waals surface area contributed by atoms with Crippen LogP contribution in [-0.2, 0) is 6.54 Å². The summed E-state index contributed by atoms with van der Waals surface area (Å²) >= 11 is 0. The molecular weight excluding hydrogens is 266 g/mol. The molecule has 1 aromatic heterocycles. The summed E-state index contributed by atoms with van der Waals surface area (Å²) in [5.74, 6) is 2.52. The maximum Gasteiger partial charge on any atom is 0.231 e. The molecule has 3 rings (SSSR count). The summed E-state index contributed by atoms with van der Waals surface area (Å²) in [5.41, 5.74) is 2.19. The van der Waals surface area contributed by atoms with Crippen LogP contribution in [0.4, 0.5) is 11.5 Å². The molecule has 0 aliphatic carbocycles. The molecular formula is C16H19N3O2. The van der Waals surface area contributed by atoms with Crippen LogP contribution in [0.25, 0.3) is 0 Å². The maximum absolute atomic E-state index is 5.38. The van der Waals surface area contributed by atoms with E-state index in [1.165, 1.54) is 0 Å². The molecule has 2 N–H and O–H groups in total. The SMILES string of the molecule is CCCNc1cc(NCc2ccc3c(c2)OCO3)ccn1. The molecule has 1 aromatic carbocycles. The molecule has 0 saturated carbocycles. The van der Waals surface area contributed by atoms with Crippen molar-refractivity contribution in [1.29, 1.82) is 0 Å². The normalized spacial score (nSPS) is 12.2. The van der Waals surface area contributed by atoms with Crippen molar-refractivity contribution in [2.45, 2.75) is 19.9 Å². The molecule has 21 heavy (non-hydrogen) atoms. The maximum atomic E-state index is 5.38. The highest BCUT2D eigenvalue weighted by molar-refractivity contribution is 5.52. The van der Waals surface area contributed by atoms with Crippen LogP contribution in [0.2, 0.25) is 0 Å². The van der Waals surface area contributed by atoms with Gasteiger partial charge in [0.1, 0.15) is 5.82 Å². The molecule has 0 atom stereocenters. The van der Waals surface area contributed by atoms with Crippen LogP contribution in [0.15, 0.2) is 36.5 Å². The van der Waals surface area contributed by atoms with Gasteiger partial charge in [-0.3, -0.25) is 0 Å². The van der Waals surface area contributed by atoms with Crippen LogP contribution in [0.1, 0.15) is 18.9 Å². The molecule has 1 aliphatic heterocycles. The number of hydrogen-bond donors (Lipinski definition) is 2. The molecule has 0 fully saturated rings. The molecule has 2 heterocycles. The van der Waals surface area contributed by atoms with Crippen molar-refractivity contribution in [1.82, 2.24) is 4.98 Å². The third kappa shape index (κ3) is 3.37. The summed E-state index contributed by atoms with van der Waals surface area (Å²) in [4.78, 5) is 4.29. The molecule has 0 radical (unpaired) electrons. The van der Waals surface area contributed by atoms with E-state index in [0.29, 0.717) is 6.79 Å². The summed E-state index contributed by atoms with van der Waals surface area (Å²) in [7, 11) is 0. The second-order valence-corrected chi connectivity index (χ2v) is 4.90. The van der Waals surface area contributed by atoms with Crippen molar-refractivity contribution in [3.63, 3.8) is 0 Å². The zero-order valence-corrected chi connectivity index (χ0v) is 12.1. The van der Waals surface area contributed by atoms with Crippen LogP contribution in [0.3, 0.4) is 0 Å². The van der Waals surface area contributed by atoms with Gasteiger partial charge in [0.25, 0.3) is 0 Å². The van der Waals surface area contributed by atoms with Gasteiger partial charge >= 0.3 is 0 Å². The number of rotatable bonds is 6. The molecule has 0 unspecified atom stereocenters. The first kappa shape index (κ1) is 13.5. The van der Waals surface area contributed by atoms with Gasteiger partial charge in [0.05, 0.1) is 0 Å². The highest BCUT2D eigenvalue weighted by Crippen LogP contribution is 2.32. The quantitative estimate of drug-likeness (QED) is 0.853. The molecule has 1 aliphatic rings. The number of pyridine rings is 1. The molecule has 110 valence electrons. The highest BCUT2D eigenvalue weighted by Gasteiger charge is 2.12. The Balaban J connectivity index is 1.62. The lowest BCUT2D eigenvalue weighted by Crippen LogP contribution is -2.04. The first-order valence-electron chi connectivity index (χ1n) is 7.17. The lowest BCUT2D eigenvalue weighted by atomic mass is 10.2. The average Bonchev–Trinajstić information content (AvgIpc) is 2.99. The van der Waals surface area contributed by atoms with E-state index in [1.807, 2.05) is 30.3 Å². The minimum absolute atomic E-state index is 0.309. The third-order valence-corrected chi connectivity index (χ3v) is 3.25. The standard InChI is InChI=1S/C16H19N3O2/c1-2-6-17-16-9-13(5-7-18-16)19-10-12-3-4-14-15(8-12)21-11-20-14/h3-5,7-9H,2,6,10-11H2,1H3,(H2,17,18,19). The number of fused-ring (bicyclic) bond motifs is 1. The second-order valence-electron chi connectivity index (χ2n) is 4.90. The first-order chi connectivity index (χ1) is 10.3. The Kier molecular flexibility index (Phi) is 4.09. The van der Waals surface area contributed by atoms with Crippen LogP contribution in [0, 0.1) is 0 Å². The van der Waals surface area contributed by atoms with Gasteiger partial charge in [-0.15, -0.1) is 0 Å². The smallest absolute Gasteiger partial charge is 0.231 e. The highest BCUT2D eigenvalue weighted by atomic mass is 16.7. The monoisotopic (exact) mass is 285 g/mol. The van der Waals surface area contributed by atoms with E-state index < -0.39 is 0 Å². The molecule has 0 bridgehead atoms. The van der Waals surface area contributed by atoms with Gasteiger partial charge in [0.15, 0.2) is 11.5 Å². The van der Waals surface area contributed by atoms with Gasteiger partial charge in [-0.25, -0.2) is 4.98 Å². The Labute approximate surface area is 124 Å². The van der Waals surface area contributed by atoms with Crippen LogP contribution in [-0.4, -0.2) is 18.3 Å². The van der Waals surface area contributed by atoms with E-state index in [0.717, 1.165) is 48.1 Å². The molecule has 0 saturated heterocycles. The summed E-state index contributed by atoms with van der Waals surface area (Å²) in [6.07, 6.45) is 2.89. The number of hydrogen-bond acceptors (Lipinski definition) is 5. The van der Waals surface area contributed by atoms with Gasteiger partial charge in [-0.1, -0.05) is 13.0 Å². The van der Waals surface area contributed by atoms with Gasteiger partial charge < -0.3 is 20.1 Å². The Morgan fingerprint density at radius 3 is 2.90 bits per heavy atom. The largest absolute Gasteiger partial charge is 0.454 e. The average molecular weight is 285 g/mol. The van der Waals surface area contributed by atoms with E-state index in [-0.39, 0.29) is 0 Å². The first-order valence-corrected chi connectivity index (χ1v) is 7.17. The molecule has 2 aromatic rings. The zero-order valence-electron chi connectivity index (χ0n) is 12.1. The number of nitrogens with zero attached hydrogens (tertiary/aromatic N) is 1. The van der Waals surface area contributed by atoms with E-state index in [4.69, 9.17) is 9.47 Å². The predicted octanol–water partition coefficient (Wildman–Crippen LogP) is 3.24. The number of ether oxygens (including phenoxy) is 2. The minimum atomic E-state index is 0.309. The lowest BCUT2D eigenvalue weighted by molar-refractivity contribution is 0.174. The topological polar surface area (TPSA) is 55.4 Å². The third-order valence-electron chi connectivity index (χ3n) is 3.25. The number of nitrogens with one attached hydrogen (secondary N) is 2. The summed E-state index contributed by atoms with van der Waals surface area (Å²) in [6.45, 7) is 4.10. The Morgan fingerprint density at radius 2 is 2.00 bits per heavy atom. The summed E-state index contributed by atoms with van der Waals surface area (Å²) < 4.78 is 10.7. The molecule has 0 amide bonds. The lowest BCUT2D eigenvalue weighted by Gasteiger charge is -2.09. The minimum Gasteiger partial charge on any atom is -0.454 e. The molecule has 0 spiro atoms. The fourth-order valence-electron chi connectivity index (χ4n) is 2.15. The number of benzene rings is 1. The molecule has 5 nitrogen and oxygen atoms in total. The van der Waals surface area contributed by atoms with E-state index in [2.05, 4.69) is 22.5 Å². The van der Waals surface area contributed by atoms with Gasteiger partial charge in [-0.2, -0.15) is 0 Å². The van der Waals surface area contributed by atoms with Gasteiger partial charge in [-0.05, 0) is 30.2 Å². The summed E-state index contributed by atoms with van der Waals surface area (Å²) in [5, 5.41) is 6.67. The van der Waals surface area contributed by atoms with E-state index in [9.17, 15) is 0 Å². The van der Waals surface area contributed by atoms with Gasteiger partial charge in [0.2, 0.25) is 6.79 Å². The van der Waals surface area contributed by atoms with E-state index in [1.54, 1.807) is 6.20 Å². The van der Waals surface area contributed by atoms with Crippen molar-refractivity contribution >= 4 is 11.5 Å². The van der Waals surface area contributed by atoms with Crippen LogP contribution < -0.4 is 20.1 Å². The van der Waals surface area contributed by atoms with Crippen molar-refractivity contribution in [2.24, 2.45) is 0 Å². The summed E-state index contributed by atoms with van der Waals surface area (Å²) in [6, 6.07) is 9.97. The predicted molar refractivity (Wildman–Crippen MR) is 82.9 cm³/mol. The fraction of sp³-hybridized carbons (Fsp3) is 0.312. The van der Waals surface area contributed by atoms with Crippen molar-refractivity contribution in [3.8, 4) is 11.5 Å². The Hall–Kier alpha value is -2.43. The van der Waals surface area contributed by atoms with E-state index >= 15 is 0 Å².